The molecule has 186 valence electrons. The Kier molecular flexibility index (Phi) is 7.53. The molecule has 1 aliphatic heterocycles. The van der Waals surface area contributed by atoms with Gasteiger partial charge in [-0.1, -0.05) is 60.7 Å². The van der Waals surface area contributed by atoms with Crippen molar-refractivity contribution in [3.8, 4) is 0 Å². The van der Waals surface area contributed by atoms with Gasteiger partial charge < -0.3 is 10.2 Å². The SMILES string of the molecule is Cc1cc(C)nc(N/C(=N/C(=S)NC2CC2)N2CCN(C(c3ccccc3)c3ccccc3)CC2)n1. The summed E-state index contributed by atoms with van der Waals surface area (Å²) in [5.41, 5.74) is 4.45. The number of guanidine groups is 1. The van der Waals surface area contributed by atoms with E-state index in [4.69, 9.17) is 17.2 Å². The summed E-state index contributed by atoms with van der Waals surface area (Å²) in [5.74, 6) is 1.25. The van der Waals surface area contributed by atoms with Crippen LogP contribution in [-0.4, -0.2) is 63.1 Å². The molecular weight excluding hydrogens is 466 g/mol. The molecule has 0 amide bonds. The molecule has 2 aromatic carbocycles. The number of nitrogens with one attached hydrogen (secondary N) is 2. The number of rotatable bonds is 5. The van der Waals surface area contributed by atoms with Gasteiger partial charge in [0.25, 0.3) is 0 Å². The van der Waals surface area contributed by atoms with E-state index < -0.39 is 0 Å². The van der Waals surface area contributed by atoms with Gasteiger partial charge in [0.2, 0.25) is 11.9 Å². The van der Waals surface area contributed by atoms with Gasteiger partial charge in [-0.3, -0.25) is 10.2 Å². The molecule has 2 N–H and O–H groups in total. The molecule has 2 heterocycles. The molecule has 2 fully saturated rings. The lowest BCUT2D eigenvalue weighted by Gasteiger charge is -2.40. The molecule has 2 aliphatic rings. The first-order chi connectivity index (χ1) is 17.5. The largest absolute Gasteiger partial charge is 0.358 e. The first kappa shape index (κ1) is 24.3. The molecule has 0 atom stereocenters. The fourth-order valence-electron chi connectivity index (χ4n) is 4.67. The summed E-state index contributed by atoms with van der Waals surface area (Å²) in [5, 5.41) is 7.21. The molecule has 0 bridgehead atoms. The summed E-state index contributed by atoms with van der Waals surface area (Å²) in [6.07, 6.45) is 2.30. The summed E-state index contributed by atoms with van der Waals surface area (Å²) < 4.78 is 0. The van der Waals surface area contributed by atoms with Crippen LogP contribution in [0.2, 0.25) is 0 Å². The van der Waals surface area contributed by atoms with Gasteiger partial charge in [0.05, 0.1) is 6.04 Å². The lowest BCUT2D eigenvalue weighted by Crippen LogP contribution is -2.52. The molecule has 7 nitrogen and oxygen atoms in total. The number of anilines is 1. The van der Waals surface area contributed by atoms with Crippen molar-refractivity contribution in [3.63, 3.8) is 0 Å². The number of aliphatic imine (C=N–C) groups is 1. The Morgan fingerprint density at radius 2 is 1.44 bits per heavy atom. The molecule has 5 rings (SSSR count). The van der Waals surface area contributed by atoms with Crippen LogP contribution in [0.25, 0.3) is 0 Å². The van der Waals surface area contributed by atoms with E-state index in [1.54, 1.807) is 0 Å². The highest BCUT2D eigenvalue weighted by atomic mass is 32.1. The number of aromatic nitrogens is 2. The summed E-state index contributed by atoms with van der Waals surface area (Å²) >= 11 is 5.56. The van der Waals surface area contributed by atoms with E-state index in [1.165, 1.54) is 11.1 Å². The second-order valence-electron chi connectivity index (χ2n) is 9.51. The van der Waals surface area contributed by atoms with E-state index in [0.717, 1.165) is 50.4 Å². The lowest BCUT2D eigenvalue weighted by atomic mass is 9.96. The number of aryl methyl sites for hydroxylation is 2. The average molecular weight is 500 g/mol. The molecule has 3 aromatic rings. The topological polar surface area (TPSA) is 68.7 Å². The zero-order valence-electron chi connectivity index (χ0n) is 20.9. The van der Waals surface area contributed by atoms with Crippen molar-refractivity contribution >= 4 is 29.2 Å². The van der Waals surface area contributed by atoms with Crippen molar-refractivity contribution in [2.24, 2.45) is 4.99 Å². The number of benzene rings is 2. The van der Waals surface area contributed by atoms with Gasteiger partial charge in [0.15, 0.2) is 5.11 Å². The third kappa shape index (κ3) is 6.25. The minimum Gasteiger partial charge on any atom is -0.358 e. The number of nitrogens with zero attached hydrogens (tertiary/aromatic N) is 5. The summed E-state index contributed by atoms with van der Waals surface area (Å²) in [7, 11) is 0. The predicted octanol–water partition coefficient (Wildman–Crippen LogP) is 4.31. The first-order valence-corrected chi connectivity index (χ1v) is 13.0. The van der Waals surface area contributed by atoms with E-state index >= 15 is 0 Å². The quantitative estimate of drug-likeness (QED) is 0.308. The highest BCUT2D eigenvalue weighted by molar-refractivity contribution is 7.80. The Labute approximate surface area is 218 Å². The van der Waals surface area contributed by atoms with Crippen molar-refractivity contribution in [2.75, 3.05) is 31.5 Å². The molecule has 0 spiro atoms. The van der Waals surface area contributed by atoms with Crippen LogP contribution in [0, 0.1) is 13.8 Å². The van der Waals surface area contributed by atoms with Crippen LogP contribution < -0.4 is 10.6 Å². The minimum atomic E-state index is 0.211. The van der Waals surface area contributed by atoms with Crippen LogP contribution in [0.1, 0.15) is 41.4 Å². The molecule has 0 unspecified atom stereocenters. The zero-order valence-corrected chi connectivity index (χ0v) is 21.7. The molecule has 0 radical (unpaired) electrons. The zero-order chi connectivity index (χ0) is 24.9. The van der Waals surface area contributed by atoms with Gasteiger partial charge >= 0.3 is 0 Å². The smallest absolute Gasteiger partial charge is 0.229 e. The standard InChI is InChI=1S/C28H33N7S/c1-20-19-21(2)30-26(29-20)32-27(33-28(36)31-24-13-14-24)35-17-15-34(16-18-35)25(22-9-5-3-6-10-22)23-11-7-4-8-12-23/h3-12,19,24-25H,13-18H2,1-2H3,(H2,29,30,31,32,33,36). The molecule has 36 heavy (non-hydrogen) atoms. The maximum absolute atomic E-state index is 5.56. The van der Waals surface area contributed by atoms with Crippen molar-refractivity contribution < 1.29 is 0 Å². The number of thiocarbonyl (C=S) groups is 1. The van der Waals surface area contributed by atoms with Gasteiger partial charge in [-0.05, 0) is 56.1 Å². The van der Waals surface area contributed by atoms with Crippen molar-refractivity contribution in [1.82, 2.24) is 25.1 Å². The highest BCUT2D eigenvalue weighted by Crippen LogP contribution is 2.29. The van der Waals surface area contributed by atoms with Crippen LogP contribution in [-0.2, 0) is 0 Å². The van der Waals surface area contributed by atoms with Gasteiger partial charge in [-0.15, -0.1) is 0 Å². The fourth-order valence-corrected chi connectivity index (χ4v) is 4.92. The summed E-state index contributed by atoms with van der Waals surface area (Å²) in [4.78, 5) is 18.7. The van der Waals surface area contributed by atoms with E-state index in [9.17, 15) is 0 Å². The van der Waals surface area contributed by atoms with E-state index in [1.807, 2.05) is 19.9 Å². The van der Waals surface area contributed by atoms with Crippen LogP contribution in [0.4, 0.5) is 5.95 Å². The van der Waals surface area contributed by atoms with Crippen LogP contribution in [0.5, 0.6) is 0 Å². The van der Waals surface area contributed by atoms with Gasteiger partial charge in [0, 0.05) is 43.6 Å². The third-order valence-electron chi connectivity index (χ3n) is 6.53. The first-order valence-electron chi connectivity index (χ1n) is 12.6. The highest BCUT2D eigenvalue weighted by Gasteiger charge is 2.28. The fraction of sp³-hybridized carbons (Fsp3) is 0.357. The van der Waals surface area contributed by atoms with Crippen molar-refractivity contribution in [3.05, 3.63) is 89.2 Å². The number of hydrogen-bond acceptors (Lipinski definition) is 4. The Balaban J connectivity index is 1.35. The summed E-state index contributed by atoms with van der Waals surface area (Å²) in [6.45, 7) is 7.37. The normalized spacial score (nSPS) is 16.8. The molecule has 1 aromatic heterocycles. The van der Waals surface area contributed by atoms with Crippen LogP contribution in [0.15, 0.2) is 71.7 Å². The number of hydrogen-bond donors (Lipinski definition) is 2. The van der Waals surface area contributed by atoms with Crippen LogP contribution >= 0.6 is 12.2 Å². The molecule has 1 saturated heterocycles. The lowest BCUT2D eigenvalue weighted by molar-refractivity contribution is 0.150. The van der Waals surface area contributed by atoms with E-state index in [-0.39, 0.29) is 6.04 Å². The van der Waals surface area contributed by atoms with Gasteiger partial charge in [-0.2, -0.15) is 4.99 Å². The second-order valence-corrected chi connectivity index (χ2v) is 9.89. The Hall–Kier alpha value is -3.36. The molecule has 8 heteroatoms. The Bertz CT molecular complexity index is 1140. The van der Waals surface area contributed by atoms with Crippen molar-refractivity contribution in [2.45, 2.75) is 38.8 Å². The second kappa shape index (κ2) is 11.1. The van der Waals surface area contributed by atoms with Crippen molar-refractivity contribution in [1.29, 1.82) is 0 Å². The van der Waals surface area contributed by atoms with Gasteiger partial charge in [0.1, 0.15) is 0 Å². The van der Waals surface area contributed by atoms with E-state index in [2.05, 4.69) is 91.1 Å². The van der Waals surface area contributed by atoms with E-state index in [0.29, 0.717) is 23.1 Å². The minimum absolute atomic E-state index is 0.211. The maximum atomic E-state index is 5.56. The molecule has 1 saturated carbocycles. The summed E-state index contributed by atoms with van der Waals surface area (Å²) in [6, 6.07) is 24.1. The maximum Gasteiger partial charge on any atom is 0.229 e. The monoisotopic (exact) mass is 499 g/mol. The predicted molar refractivity (Wildman–Crippen MR) is 149 cm³/mol. The average Bonchev–Trinajstić information content (AvgIpc) is 3.69. The molecular formula is C28H33N7S. The number of piperazine rings is 1. The Morgan fingerprint density at radius 1 is 0.889 bits per heavy atom. The van der Waals surface area contributed by atoms with Crippen LogP contribution in [0.3, 0.4) is 0 Å². The molecule has 1 aliphatic carbocycles. The van der Waals surface area contributed by atoms with Gasteiger partial charge in [-0.25, -0.2) is 9.97 Å². The Morgan fingerprint density at radius 3 is 1.97 bits per heavy atom. The third-order valence-corrected chi connectivity index (χ3v) is 6.74.